The number of hydrogen-bond acceptors (Lipinski definition) is 3. The molecule has 19 heavy (non-hydrogen) atoms. The highest BCUT2D eigenvalue weighted by Gasteiger charge is 2.06. The molecule has 0 aliphatic carbocycles. The number of alkyl halides is 1. The summed E-state index contributed by atoms with van der Waals surface area (Å²) in [6, 6.07) is 15.5. The number of hydrogen-bond donors (Lipinski definition) is 0. The minimum Gasteiger partial charge on any atom is -0.496 e. The third kappa shape index (κ3) is 3.61. The summed E-state index contributed by atoms with van der Waals surface area (Å²) in [6.45, 7) is 0. The highest BCUT2D eigenvalue weighted by atomic mass is 79.9. The molecule has 0 fully saturated rings. The fourth-order valence-corrected chi connectivity index (χ4v) is 2.86. The van der Waals surface area contributed by atoms with Crippen LogP contribution in [0.4, 0.5) is 0 Å². The van der Waals surface area contributed by atoms with E-state index in [1.165, 1.54) is 0 Å². The van der Waals surface area contributed by atoms with Crippen molar-refractivity contribution in [3.63, 3.8) is 0 Å². The number of rotatable bonds is 5. The van der Waals surface area contributed by atoms with Gasteiger partial charge < -0.3 is 4.74 Å². The van der Waals surface area contributed by atoms with Gasteiger partial charge in [0.05, 0.1) is 17.3 Å². The summed E-state index contributed by atoms with van der Waals surface area (Å²) in [5.41, 5.74) is 0.723. The average Bonchev–Trinajstić information content (AvgIpc) is 2.48. The van der Waals surface area contributed by atoms with Crippen LogP contribution in [0.2, 0.25) is 0 Å². The molecule has 0 heterocycles. The number of benzene rings is 2. The maximum atomic E-state index is 11.5. The van der Waals surface area contributed by atoms with Gasteiger partial charge in [-0.05, 0) is 24.3 Å². The molecular formula is C15H13BrO2S. The molecule has 0 unspecified atom stereocenters. The van der Waals surface area contributed by atoms with Gasteiger partial charge in [-0.3, -0.25) is 4.79 Å². The number of halogens is 1. The normalized spacial score (nSPS) is 10.2. The fraction of sp³-hybridized carbons (Fsp3) is 0.133. The van der Waals surface area contributed by atoms with Crippen LogP contribution in [0, 0.1) is 0 Å². The van der Waals surface area contributed by atoms with Crippen molar-refractivity contribution < 1.29 is 9.53 Å². The SMILES string of the molecule is COc1ccccc1Sc1ccc(C(=O)CBr)cc1. The van der Waals surface area contributed by atoms with Crippen molar-refractivity contribution in [3.05, 3.63) is 54.1 Å². The standard InChI is InChI=1S/C15H13BrO2S/c1-18-14-4-2-3-5-15(14)19-12-8-6-11(7-9-12)13(17)10-16/h2-9H,10H2,1H3. The number of Topliss-reactive ketones (excluding diaryl/α,β-unsaturated/α-hetero) is 1. The lowest BCUT2D eigenvalue weighted by Crippen LogP contribution is -1.98. The van der Waals surface area contributed by atoms with Gasteiger partial charge in [0.25, 0.3) is 0 Å². The van der Waals surface area contributed by atoms with Gasteiger partial charge in [0, 0.05) is 10.5 Å². The predicted octanol–water partition coefficient (Wildman–Crippen LogP) is 4.42. The molecule has 0 bridgehead atoms. The molecule has 0 spiro atoms. The van der Waals surface area contributed by atoms with E-state index >= 15 is 0 Å². The van der Waals surface area contributed by atoms with Crippen LogP contribution >= 0.6 is 27.7 Å². The highest BCUT2D eigenvalue weighted by molar-refractivity contribution is 9.09. The molecule has 0 saturated carbocycles. The molecular weight excluding hydrogens is 324 g/mol. The van der Waals surface area contributed by atoms with E-state index in [4.69, 9.17) is 4.74 Å². The first-order chi connectivity index (χ1) is 9.24. The van der Waals surface area contributed by atoms with E-state index in [-0.39, 0.29) is 5.78 Å². The minimum absolute atomic E-state index is 0.0915. The van der Waals surface area contributed by atoms with Crippen LogP contribution in [0.1, 0.15) is 10.4 Å². The van der Waals surface area contributed by atoms with Gasteiger partial charge in [0.1, 0.15) is 5.75 Å². The van der Waals surface area contributed by atoms with Gasteiger partial charge in [0.15, 0.2) is 5.78 Å². The van der Waals surface area contributed by atoms with E-state index < -0.39 is 0 Å². The molecule has 0 aliphatic heterocycles. The lowest BCUT2D eigenvalue weighted by Gasteiger charge is -2.07. The Kier molecular flexibility index (Phi) is 5.05. The van der Waals surface area contributed by atoms with E-state index in [1.54, 1.807) is 18.9 Å². The van der Waals surface area contributed by atoms with Crippen molar-refractivity contribution in [2.24, 2.45) is 0 Å². The predicted molar refractivity (Wildman–Crippen MR) is 81.7 cm³/mol. The maximum Gasteiger partial charge on any atom is 0.173 e. The summed E-state index contributed by atoms with van der Waals surface area (Å²) >= 11 is 4.79. The van der Waals surface area contributed by atoms with Crippen LogP contribution in [0.15, 0.2) is 58.3 Å². The number of methoxy groups -OCH3 is 1. The molecule has 0 radical (unpaired) electrons. The minimum atomic E-state index is 0.0915. The largest absolute Gasteiger partial charge is 0.496 e. The van der Waals surface area contributed by atoms with Crippen LogP contribution in [0.25, 0.3) is 0 Å². The van der Waals surface area contributed by atoms with Gasteiger partial charge in [0.2, 0.25) is 0 Å². The molecule has 0 aliphatic rings. The van der Waals surface area contributed by atoms with E-state index in [0.717, 1.165) is 21.1 Å². The van der Waals surface area contributed by atoms with Crippen molar-refractivity contribution in [2.45, 2.75) is 9.79 Å². The van der Waals surface area contributed by atoms with Crippen molar-refractivity contribution in [1.82, 2.24) is 0 Å². The average molecular weight is 337 g/mol. The lowest BCUT2D eigenvalue weighted by molar-refractivity contribution is 0.102. The zero-order chi connectivity index (χ0) is 13.7. The Morgan fingerprint density at radius 3 is 2.47 bits per heavy atom. The molecule has 0 saturated heterocycles. The third-order valence-corrected chi connectivity index (χ3v) is 4.17. The summed E-state index contributed by atoms with van der Waals surface area (Å²) in [4.78, 5) is 13.6. The Hall–Kier alpha value is -1.26. The second kappa shape index (κ2) is 6.78. The van der Waals surface area contributed by atoms with Crippen LogP contribution in [0.5, 0.6) is 5.75 Å². The second-order valence-corrected chi connectivity index (χ2v) is 5.51. The molecule has 98 valence electrons. The fourth-order valence-electron chi connectivity index (χ4n) is 1.62. The molecule has 0 amide bonds. The Balaban J connectivity index is 2.17. The van der Waals surface area contributed by atoms with Crippen molar-refractivity contribution in [3.8, 4) is 5.75 Å². The van der Waals surface area contributed by atoms with E-state index in [1.807, 2.05) is 48.5 Å². The Morgan fingerprint density at radius 1 is 1.16 bits per heavy atom. The number of carbonyl (C=O) groups excluding carboxylic acids is 1. The topological polar surface area (TPSA) is 26.3 Å². The highest BCUT2D eigenvalue weighted by Crippen LogP contribution is 2.34. The molecule has 2 aromatic carbocycles. The molecule has 2 nitrogen and oxygen atoms in total. The van der Waals surface area contributed by atoms with Gasteiger partial charge in [-0.2, -0.15) is 0 Å². The smallest absolute Gasteiger partial charge is 0.173 e. The summed E-state index contributed by atoms with van der Waals surface area (Å²) in [7, 11) is 1.66. The summed E-state index contributed by atoms with van der Waals surface area (Å²) in [5.74, 6) is 0.946. The van der Waals surface area contributed by atoms with Crippen molar-refractivity contribution >= 4 is 33.5 Å². The monoisotopic (exact) mass is 336 g/mol. The second-order valence-electron chi connectivity index (χ2n) is 3.83. The molecule has 2 aromatic rings. The number of para-hydroxylation sites is 1. The van der Waals surface area contributed by atoms with Crippen molar-refractivity contribution in [2.75, 3.05) is 12.4 Å². The van der Waals surface area contributed by atoms with Crippen LogP contribution in [-0.2, 0) is 0 Å². The number of carbonyl (C=O) groups is 1. The molecule has 2 rings (SSSR count). The van der Waals surface area contributed by atoms with Crippen LogP contribution < -0.4 is 4.74 Å². The summed E-state index contributed by atoms with van der Waals surface area (Å²) in [6.07, 6.45) is 0. The first kappa shape index (κ1) is 14.2. The first-order valence-corrected chi connectivity index (χ1v) is 7.68. The molecule has 0 atom stereocenters. The Bertz CT molecular complexity index is 567. The summed E-state index contributed by atoms with van der Waals surface area (Å²) < 4.78 is 5.32. The first-order valence-electron chi connectivity index (χ1n) is 5.74. The van der Waals surface area contributed by atoms with Crippen LogP contribution in [-0.4, -0.2) is 18.2 Å². The lowest BCUT2D eigenvalue weighted by atomic mass is 10.2. The van der Waals surface area contributed by atoms with Crippen molar-refractivity contribution in [1.29, 1.82) is 0 Å². The number of ketones is 1. The van der Waals surface area contributed by atoms with E-state index in [9.17, 15) is 4.79 Å². The van der Waals surface area contributed by atoms with Gasteiger partial charge in [-0.15, -0.1) is 0 Å². The van der Waals surface area contributed by atoms with Gasteiger partial charge in [-0.1, -0.05) is 52.0 Å². The number of ether oxygens (including phenoxy) is 1. The van der Waals surface area contributed by atoms with Gasteiger partial charge >= 0.3 is 0 Å². The van der Waals surface area contributed by atoms with Gasteiger partial charge in [-0.25, -0.2) is 0 Å². The van der Waals surface area contributed by atoms with E-state index in [0.29, 0.717) is 5.33 Å². The molecule has 0 aromatic heterocycles. The molecule has 0 N–H and O–H groups in total. The quantitative estimate of drug-likeness (QED) is 0.597. The maximum absolute atomic E-state index is 11.5. The summed E-state index contributed by atoms with van der Waals surface area (Å²) in [5, 5.41) is 0.353. The Morgan fingerprint density at radius 2 is 1.84 bits per heavy atom. The Labute approximate surface area is 125 Å². The van der Waals surface area contributed by atoms with Crippen LogP contribution in [0.3, 0.4) is 0 Å². The molecule has 4 heteroatoms. The zero-order valence-corrected chi connectivity index (χ0v) is 12.8. The third-order valence-electron chi connectivity index (χ3n) is 2.59. The van der Waals surface area contributed by atoms with E-state index in [2.05, 4.69) is 15.9 Å². The zero-order valence-electron chi connectivity index (χ0n) is 10.4.